The van der Waals surface area contributed by atoms with E-state index in [1.165, 1.54) is 32.1 Å². The van der Waals surface area contributed by atoms with Crippen molar-refractivity contribution >= 4 is 0 Å². The lowest BCUT2D eigenvalue weighted by atomic mass is 9.87. The third-order valence-corrected chi connectivity index (χ3v) is 2.39. The Bertz CT molecular complexity index is 132. The SMILES string of the molecule is N/C(O)=C/CC1CCCCC1. The minimum atomic E-state index is -0.0180. The van der Waals surface area contributed by atoms with Gasteiger partial charge in [0.05, 0.1) is 0 Å². The van der Waals surface area contributed by atoms with Crippen LogP contribution in [0, 0.1) is 5.92 Å². The molecule has 0 radical (unpaired) electrons. The summed E-state index contributed by atoms with van der Waals surface area (Å²) in [6, 6.07) is 0. The summed E-state index contributed by atoms with van der Waals surface area (Å²) < 4.78 is 0. The quantitative estimate of drug-likeness (QED) is 0.601. The first kappa shape index (κ1) is 8.44. The monoisotopic (exact) mass is 155 g/mol. The van der Waals surface area contributed by atoms with E-state index in [1.54, 1.807) is 6.08 Å². The molecule has 64 valence electrons. The molecule has 0 aromatic heterocycles. The van der Waals surface area contributed by atoms with Gasteiger partial charge in [0.1, 0.15) is 0 Å². The molecular weight excluding hydrogens is 138 g/mol. The molecule has 0 unspecified atom stereocenters. The van der Waals surface area contributed by atoms with Gasteiger partial charge in [0.2, 0.25) is 0 Å². The Kier molecular flexibility index (Phi) is 3.27. The number of nitrogens with two attached hydrogens (primary N) is 1. The summed E-state index contributed by atoms with van der Waals surface area (Å²) in [6.07, 6.45) is 9.40. The number of allylic oxidation sites excluding steroid dienone is 1. The molecule has 0 atom stereocenters. The fourth-order valence-corrected chi connectivity index (χ4v) is 1.71. The molecule has 0 heterocycles. The molecule has 1 aliphatic carbocycles. The van der Waals surface area contributed by atoms with Crippen LogP contribution in [0.2, 0.25) is 0 Å². The second-order valence-electron chi connectivity index (χ2n) is 3.37. The molecule has 0 aromatic carbocycles. The highest BCUT2D eigenvalue weighted by atomic mass is 16.3. The van der Waals surface area contributed by atoms with Gasteiger partial charge in [-0.2, -0.15) is 0 Å². The molecule has 1 saturated carbocycles. The van der Waals surface area contributed by atoms with Crippen molar-refractivity contribution in [3.63, 3.8) is 0 Å². The van der Waals surface area contributed by atoms with Gasteiger partial charge < -0.3 is 10.8 Å². The predicted molar refractivity (Wildman–Crippen MR) is 46.1 cm³/mol. The van der Waals surface area contributed by atoms with E-state index in [0.717, 1.165) is 12.3 Å². The van der Waals surface area contributed by atoms with E-state index in [2.05, 4.69) is 0 Å². The maximum absolute atomic E-state index is 8.72. The van der Waals surface area contributed by atoms with E-state index in [9.17, 15) is 0 Å². The van der Waals surface area contributed by atoms with Crippen LogP contribution in [0.1, 0.15) is 38.5 Å². The van der Waals surface area contributed by atoms with Crippen molar-refractivity contribution in [2.45, 2.75) is 38.5 Å². The molecule has 0 bridgehead atoms. The topological polar surface area (TPSA) is 46.2 Å². The summed E-state index contributed by atoms with van der Waals surface area (Å²) in [5.74, 6) is 0.755. The van der Waals surface area contributed by atoms with Crippen molar-refractivity contribution in [1.29, 1.82) is 0 Å². The number of aliphatic hydroxyl groups is 1. The zero-order valence-electron chi connectivity index (χ0n) is 6.92. The van der Waals surface area contributed by atoms with Crippen LogP contribution < -0.4 is 5.73 Å². The lowest BCUT2D eigenvalue weighted by Crippen LogP contribution is -2.06. The molecule has 11 heavy (non-hydrogen) atoms. The van der Waals surface area contributed by atoms with E-state index in [-0.39, 0.29) is 5.88 Å². The third kappa shape index (κ3) is 3.30. The van der Waals surface area contributed by atoms with Gasteiger partial charge in [0.15, 0.2) is 5.88 Å². The van der Waals surface area contributed by atoms with Gasteiger partial charge in [0, 0.05) is 0 Å². The van der Waals surface area contributed by atoms with Crippen molar-refractivity contribution < 1.29 is 5.11 Å². The van der Waals surface area contributed by atoms with Crippen LogP contribution >= 0.6 is 0 Å². The van der Waals surface area contributed by atoms with Gasteiger partial charge >= 0.3 is 0 Å². The Hall–Kier alpha value is -0.660. The first-order chi connectivity index (χ1) is 5.29. The van der Waals surface area contributed by atoms with Gasteiger partial charge in [0.25, 0.3) is 0 Å². The average Bonchev–Trinajstić information content (AvgIpc) is 2.03. The first-order valence-corrected chi connectivity index (χ1v) is 4.43. The fraction of sp³-hybridized carbons (Fsp3) is 0.778. The zero-order chi connectivity index (χ0) is 8.10. The minimum absolute atomic E-state index is 0.0180. The summed E-state index contributed by atoms with van der Waals surface area (Å²) in [6.45, 7) is 0. The van der Waals surface area contributed by atoms with E-state index >= 15 is 0 Å². The second-order valence-corrected chi connectivity index (χ2v) is 3.37. The summed E-state index contributed by atoms with van der Waals surface area (Å²) in [5, 5.41) is 8.72. The number of aliphatic hydroxyl groups excluding tert-OH is 1. The molecule has 3 N–H and O–H groups in total. The predicted octanol–water partition coefficient (Wildman–Crippen LogP) is 2.31. The summed E-state index contributed by atoms with van der Waals surface area (Å²) in [5.41, 5.74) is 5.13. The normalized spacial score (nSPS) is 22.0. The number of rotatable bonds is 2. The summed E-state index contributed by atoms with van der Waals surface area (Å²) in [7, 11) is 0. The molecule has 1 fully saturated rings. The van der Waals surface area contributed by atoms with Gasteiger partial charge in [-0.05, 0) is 18.4 Å². The standard InChI is InChI=1S/C9H17NO/c10-9(11)7-6-8-4-2-1-3-5-8/h7-8,11H,1-6,10H2/b9-7-. The van der Waals surface area contributed by atoms with Gasteiger partial charge in [-0.15, -0.1) is 0 Å². The Morgan fingerprint density at radius 2 is 2.00 bits per heavy atom. The van der Waals surface area contributed by atoms with Crippen molar-refractivity contribution in [2.75, 3.05) is 0 Å². The Morgan fingerprint density at radius 1 is 1.36 bits per heavy atom. The highest BCUT2D eigenvalue weighted by Gasteiger charge is 2.11. The molecule has 2 heteroatoms. The molecule has 0 aliphatic heterocycles. The van der Waals surface area contributed by atoms with Crippen LogP contribution in [-0.2, 0) is 0 Å². The molecule has 0 saturated heterocycles. The summed E-state index contributed by atoms with van der Waals surface area (Å²) in [4.78, 5) is 0. The highest BCUT2D eigenvalue weighted by molar-refractivity contribution is 4.86. The molecule has 0 amide bonds. The smallest absolute Gasteiger partial charge is 0.177 e. The zero-order valence-corrected chi connectivity index (χ0v) is 6.92. The molecular formula is C9H17NO. The lowest BCUT2D eigenvalue weighted by molar-refractivity contribution is 0.351. The van der Waals surface area contributed by atoms with Crippen molar-refractivity contribution in [3.8, 4) is 0 Å². The molecule has 2 nitrogen and oxygen atoms in total. The van der Waals surface area contributed by atoms with Crippen LogP contribution in [0.3, 0.4) is 0 Å². The Morgan fingerprint density at radius 3 is 2.55 bits per heavy atom. The Labute approximate surface area is 68.1 Å². The molecule has 0 spiro atoms. The largest absolute Gasteiger partial charge is 0.495 e. The molecule has 1 rings (SSSR count). The minimum Gasteiger partial charge on any atom is -0.495 e. The molecule has 0 aromatic rings. The van der Waals surface area contributed by atoms with Crippen molar-refractivity contribution in [1.82, 2.24) is 0 Å². The number of hydrogen-bond donors (Lipinski definition) is 2. The fourth-order valence-electron chi connectivity index (χ4n) is 1.71. The van der Waals surface area contributed by atoms with E-state index in [1.807, 2.05) is 0 Å². The van der Waals surface area contributed by atoms with Crippen molar-refractivity contribution in [2.24, 2.45) is 11.7 Å². The van der Waals surface area contributed by atoms with E-state index in [0.29, 0.717) is 0 Å². The van der Waals surface area contributed by atoms with Crippen LogP contribution in [0.25, 0.3) is 0 Å². The number of hydrogen-bond acceptors (Lipinski definition) is 2. The Balaban J connectivity index is 2.19. The highest BCUT2D eigenvalue weighted by Crippen LogP contribution is 2.26. The molecule has 1 aliphatic rings. The van der Waals surface area contributed by atoms with Gasteiger partial charge in [-0.25, -0.2) is 0 Å². The van der Waals surface area contributed by atoms with Crippen LogP contribution in [0.15, 0.2) is 12.0 Å². The van der Waals surface area contributed by atoms with Crippen molar-refractivity contribution in [3.05, 3.63) is 12.0 Å². The van der Waals surface area contributed by atoms with Crippen LogP contribution in [0.5, 0.6) is 0 Å². The lowest BCUT2D eigenvalue weighted by Gasteiger charge is -2.19. The maximum atomic E-state index is 8.72. The van der Waals surface area contributed by atoms with E-state index in [4.69, 9.17) is 10.8 Å². The van der Waals surface area contributed by atoms with Crippen LogP contribution in [0.4, 0.5) is 0 Å². The average molecular weight is 155 g/mol. The van der Waals surface area contributed by atoms with Gasteiger partial charge in [-0.1, -0.05) is 32.1 Å². The van der Waals surface area contributed by atoms with Crippen LogP contribution in [-0.4, -0.2) is 5.11 Å². The second kappa shape index (κ2) is 4.27. The first-order valence-electron chi connectivity index (χ1n) is 4.43. The maximum Gasteiger partial charge on any atom is 0.177 e. The van der Waals surface area contributed by atoms with E-state index < -0.39 is 0 Å². The summed E-state index contributed by atoms with van der Waals surface area (Å²) >= 11 is 0. The third-order valence-electron chi connectivity index (χ3n) is 2.39. The van der Waals surface area contributed by atoms with Gasteiger partial charge in [-0.3, -0.25) is 0 Å².